The Labute approximate surface area is 105 Å². The second kappa shape index (κ2) is 3.23. The van der Waals surface area contributed by atoms with Crippen molar-refractivity contribution in [3.63, 3.8) is 0 Å². The predicted molar refractivity (Wildman–Crippen MR) is 64.9 cm³/mol. The summed E-state index contributed by atoms with van der Waals surface area (Å²) in [6.45, 7) is 4.06. The monoisotopic (exact) mass is 253 g/mol. The highest BCUT2D eigenvalue weighted by Gasteiger charge is 2.69. The number of aryl methyl sites for hydroxylation is 1. The Hall–Kier alpha value is -1.16. The summed E-state index contributed by atoms with van der Waals surface area (Å²) >= 11 is 0. The molecule has 0 amide bonds. The lowest BCUT2D eigenvalue weighted by atomic mass is 9.92. The first-order valence-corrected chi connectivity index (χ1v) is 6.23. The van der Waals surface area contributed by atoms with E-state index >= 15 is 0 Å². The number of fused-ring (bicyclic) bond motifs is 1. The average molecular weight is 253 g/mol. The number of hydrogen-bond donors (Lipinski definition) is 1. The van der Waals surface area contributed by atoms with Crippen LogP contribution in [0.1, 0.15) is 37.8 Å². The molecule has 2 nitrogen and oxygen atoms in total. The molecule has 1 aliphatic carbocycles. The van der Waals surface area contributed by atoms with Gasteiger partial charge in [-0.3, -0.25) is 0 Å². The van der Waals surface area contributed by atoms with Crippen LogP contribution in [-0.4, -0.2) is 11.5 Å². The van der Waals surface area contributed by atoms with Crippen molar-refractivity contribution >= 4 is 0 Å². The van der Waals surface area contributed by atoms with E-state index in [0.717, 1.165) is 24.2 Å². The fraction of sp³-hybridized carbons (Fsp3) is 0.571. The minimum absolute atomic E-state index is 0.182. The second-order valence-electron chi connectivity index (χ2n) is 6.04. The van der Waals surface area contributed by atoms with Gasteiger partial charge in [0.05, 0.1) is 0 Å². The summed E-state index contributed by atoms with van der Waals surface area (Å²) in [5.41, 5.74) is 5.60. The molecule has 0 spiro atoms. The van der Waals surface area contributed by atoms with Gasteiger partial charge in [-0.25, -0.2) is 8.78 Å². The zero-order chi connectivity index (χ0) is 13.2. The summed E-state index contributed by atoms with van der Waals surface area (Å²) in [7, 11) is 0. The first-order valence-electron chi connectivity index (χ1n) is 6.23. The lowest BCUT2D eigenvalue weighted by Crippen LogP contribution is -2.33. The summed E-state index contributed by atoms with van der Waals surface area (Å²) < 4.78 is 32.4. The van der Waals surface area contributed by atoms with Crippen molar-refractivity contribution in [1.29, 1.82) is 0 Å². The van der Waals surface area contributed by atoms with E-state index in [9.17, 15) is 8.78 Å². The Morgan fingerprint density at radius 1 is 1.28 bits per heavy atom. The highest BCUT2D eigenvalue weighted by atomic mass is 19.3. The van der Waals surface area contributed by atoms with Crippen molar-refractivity contribution < 1.29 is 13.5 Å². The van der Waals surface area contributed by atoms with Gasteiger partial charge >= 0.3 is 0 Å². The van der Waals surface area contributed by atoms with Crippen LogP contribution >= 0.6 is 0 Å². The normalized spacial score (nSPS) is 31.4. The van der Waals surface area contributed by atoms with Crippen LogP contribution in [-0.2, 0) is 12.0 Å². The van der Waals surface area contributed by atoms with Crippen LogP contribution in [0.2, 0.25) is 0 Å². The highest BCUT2D eigenvalue weighted by Crippen LogP contribution is 2.58. The van der Waals surface area contributed by atoms with Crippen molar-refractivity contribution in [1.82, 2.24) is 0 Å². The molecule has 1 atom stereocenters. The minimum atomic E-state index is -2.77. The van der Waals surface area contributed by atoms with Gasteiger partial charge in [-0.05, 0) is 43.9 Å². The van der Waals surface area contributed by atoms with Gasteiger partial charge < -0.3 is 10.5 Å². The van der Waals surface area contributed by atoms with Crippen molar-refractivity contribution in [2.45, 2.75) is 50.2 Å². The number of alkyl halides is 2. The molecule has 1 aliphatic heterocycles. The number of ether oxygens (including phenoxy) is 1. The summed E-state index contributed by atoms with van der Waals surface area (Å²) in [4.78, 5) is 0. The molecule has 98 valence electrons. The molecule has 0 bridgehead atoms. The van der Waals surface area contributed by atoms with Crippen molar-refractivity contribution in [3.8, 4) is 5.75 Å². The van der Waals surface area contributed by atoms with E-state index in [0.29, 0.717) is 5.56 Å². The van der Waals surface area contributed by atoms with Crippen LogP contribution in [0.3, 0.4) is 0 Å². The Balaban J connectivity index is 1.94. The van der Waals surface area contributed by atoms with E-state index in [2.05, 4.69) is 0 Å². The summed E-state index contributed by atoms with van der Waals surface area (Å²) in [5, 5.41) is 0. The van der Waals surface area contributed by atoms with E-state index in [4.69, 9.17) is 10.5 Å². The zero-order valence-corrected chi connectivity index (χ0v) is 10.6. The quantitative estimate of drug-likeness (QED) is 0.835. The lowest BCUT2D eigenvalue weighted by Gasteiger charge is -2.33. The topological polar surface area (TPSA) is 35.2 Å². The molecule has 1 unspecified atom stereocenters. The van der Waals surface area contributed by atoms with Crippen LogP contribution in [0.15, 0.2) is 18.2 Å². The van der Waals surface area contributed by atoms with Gasteiger partial charge in [0.15, 0.2) is 0 Å². The molecule has 0 aromatic heterocycles. The number of halogens is 2. The molecule has 4 heteroatoms. The number of rotatable bonds is 1. The van der Waals surface area contributed by atoms with Gasteiger partial charge in [-0.2, -0.15) is 0 Å². The van der Waals surface area contributed by atoms with Gasteiger partial charge in [0.1, 0.15) is 16.9 Å². The van der Waals surface area contributed by atoms with E-state index in [1.165, 1.54) is 0 Å². The fourth-order valence-electron chi connectivity index (χ4n) is 2.56. The molecule has 1 aromatic carbocycles. The second-order valence-corrected chi connectivity index (χ2v) is 6.04. The third kappa shape index (κ3) is 1.62. The van der Waals surface area contributed by atoms with E-state index in [1.54, 1.807) is 18.2 Å². The van der Waals surface area contributed by atoms with Gasteiger partial charge in [-0.15, -0.1) is 0 Å². The SMILES string of the molecule is CC1(C)CCc2cc(C3(N)CC3(F)F)ccc2O1. The molecule has 1 aromatic rings. The highest BCUT2D eigenvalue weighted by molar-refractivity contribution is 5.45. The molecule has 0 radical (unpaired) electrons. The van der Waals surface area contributed by atoms with Crippen molar-refractivity contribution in [3.05, 3.63) is 29.3 Å². The standard InChI is InChI=1S/C14H17F2NO/c1-12(2)6-5-9-7-10(3-4-11(9)18-12)13(17)8-14(13,15)16/h3-4,7H,5-6,8,17H2,1-2H3. The maximum atomic E-state index is 13.3. The first-order chi connectivity index (χ1) is 8.24. The van der Waals surface area contributed by atoms with Gasteiger partial charge in [0.2, 0.25) is 0 Å². The van der Waals surface area contributed by atoms with Crippen LogP contribution in [0.25, 0.3) is 0 Å². The minimum Gasteiger partial charge on any atom is -0.488 e. The maximum absolute atomic E-state index is 13.3. The van der Waals surface area contributed by atoms with Crippen molar-refractivity contribution in [2.75, 3.05) is 0 Å². The van der Waals surface area contributed by atoms with E-state index < -0.39 is 11.5 Å². The number of benzene rings is 1. The molecule has 2 N–H and O–H groups in total. The summed E-state index contributed by atoms with van der Waals surface area (Å²) in [6, 6.07) is 5.22. The molecule has 0 saturated heterocycles. The van der Waals surface area contributed by atoms with Crippen LogP contribution < -0.4 is 10.5 Å². The third-order valence-electron chi connectivity index (χ3n) is 3.99. The molecular formula is C14H17F2NO. The Kier molecular flexibility index (Phi) is 2.14. The number of hydrogen-bond acceptors (Lipinski definition) is 2. The van der Waals surface area contributed by atoms with Crippen LogP contribution in [0.4, 0.5) is 8.78 Å². The lowest BCUT2D eigenvalue weighted by molar-refractivity contribution is 0.0829. The van der Waals surface area contributed by atoms with Crippen LogP contribution in [0.5, 0.6) is 5.75 Å². The number of nitrogens with two attached hydrogens (primary N) is 1. The Morgan fingerprint density at radius 3 is 2.56 bits per heavy atom. The molecular weight excluding hydrogens is 236 g/mol. The molecule has 1 saturated carbocycles. The van der Waals surface area contributed by atoms with Crippen molar-refractivity contribution in [2.24, 2.45) is 5.73 Å². The fourth-order valence-corrected chi connectivity index (χ4v) is 2.56. The van der Waals surface area contributed by atoms with Gasteiger partial charge in [-0.1, -0.05) is 12.1 Å². The van der Waals surface area contributed by atoms with Gasteiger partial charge in [0.25, 0.3) is 5.92 Å². The zero-order valence-electron chi connectivity index (χ0n) is 10.6. The summed E-state index contributed by atoms with van der Waals surface area (Å²) in [6.07, 6.45) is 1.47. The third-order valence-corrected chi connectivity index (χ3v) is 3.99. The molecule has 1 heterocycles. The Bertz CT molecular complexity index is 513. The molecule has 1 fully saturated rings. The average Bonchev–Trinajstić information content (AvgIpc) is 2.77. The van der Waals surface area contributed by atoms with E-state index in [-0.39, 0.29) is 12.0 Å². The Morgan fingerprint density at radius 2 is 1.94 bits per heavy atom. The first kappa shape index (κ1) is 11.9. The predicted octanol–water partition coefficient (Wildman–Crippen LogP) is 2.98. The molecule has 3 rings (SSSR count). The van der Waals surface area contributed by atoms with E-state index in [1.807, 2.05) is 13.8 Å². The maximum Gasteiger partial charge on any atom is 0.272 e. The largest absolute Gasteiger partial charge is 0.488 e. The smallest absolute Gasteiger partial charge is 0.272 e. The van der Waals surface area contributed by atoms with Crippen LogP contribution in [0, 0.1) is 0 Å². The summed E-state index contributed by atoms with van der Waals surface area (Å²) in [5.74, 6) is -1.97. The molecule has 2 aliphatic rings. The molecule has 18 heavy (non-hydrogen) atoms. The van der Waals surface area contributed by atoms with Gasteiger partial charge in [0, 0.05) is 6.42 Å².